The zero-order valence-electron chi connectivity index (χ0n) is 13.0. The van der Waals surface area contributed by atoms with Crippen LogP contribution in [0.5, 0.6) is 0 Å². The Morgan fingerprint density at radius 3 is 2.10 bits per heavy atom. The smallest absolute Gasteiger partial charge is 0.00458 e. The van der Waals surface area contributed by atoms with Crippen molar-refractivity contribution >= 4 is 12.6 Å². The van der Waals surface area contributed by atoms with Crippen molar-refractivity contribution in [2.45, 2.75) is 51.4 Å². The predicted octanol–water partition coefficient (Wildman–Crippen LogP) is 3.28. The Labute approximate surface area is 130 Å². The molecule has 3 fully saturated rings. The van der Waals surface area contributed by atoms with Gasteiger partial charge in [0, 0.05) is 13.1 Å². The van der Waals surface area contributed by atoms with E-state index < -0.39 is 0 Å². The quantitative estimate of drug-likeness (QED) is 0.778. The van der Waals surface area contributed by atoms with Gasteiger partial charge in [-0.15, -0.1) is 0 Å². The summed E-state index contributed by atoms with van der Waals surface area (Å²) in [6.07, 6.45) is 11.4. The van der Waals surface area contributed by atoms with E-state index in [0.29, 0.717) is 5.41 Å². The molecular formula is C17H32N2S. The van der Waals surface area contributed by atoms with E-state index >= 15 is 0 Å². The maximum atomic E-state index is 4.66. The SMILES string of the molecule is SCC1(CN2CCC(CN3CCCC3)CC2)CCCC1. The first-order valence-corrected chi connectivity index (χ1v) is 9.49. The third-order valence-electron chi connectivity index (χ3n) is 5.98. The summed E-state index contributed by atoms with van der Waals surface area (Å²) in [6, 6.07) is 0. The number of thiol groups is 1. The number of rotatable bonds is 5. The lowest BCUT2D eigenvalue weighted by atomic mass is 9.86. The summed E-state index contributed by atoms with van der Waals surface area (Å²) in [4.78, 5) is 5.45. The highest BCUT2D eigenvalue weighted by Crippen LogP contribution is 2.40. The van der Waals surface area contributed by atoms with E-state index in [1.807, 2.05) is 0 Å². The van der Waals surface area contributed by atoms with Crippen LogP contribution >= 0.6 is 12.6 Å². The average Bonchev–Trinajstić information content (AvgIpc) is 3.13. The highest BCUT2D eigenvalue weighted by Gasteiger charge is 2.35. The molecule has 0 aromatic heterocycles. The van der Waals surface area contributed by atoms with Gasteiger partial charge in [-0.2, -0.15) is 12.6 Å². The van der Waals surface area contributed by atoms with Gasteiger partial charge in [0.25, 0.3) is 0 Å². The van der Waals surface area contributed by atoms with Gasteiger partial charge in [0.2, 0.25) is 0 Å². The fourth-order valence-electron chi connectivity index (χ4n) is 4.62. The molecule has 2 saturated heterocycles. The van der Waals surface area contributed by atoms with Crippen molar-refractivity contribution in [1.29, 1.82) is 0 Å². The minimum Gasteiger partial charge on any atom is -0.303 e. The Bertz CT molecular complexity index is 287. The van der Waals surface area contributed by atoms with E-state index in [2.05, 4.69) is 22.4 Å². The van der Waals surface area contributed by atoms with Crippen molar-refractivity contribution in [2.24, 2.45) is 11.3 Å². The van der Waals surface area contributed by atoms with Crippen LogP contribution in [-0.4, -0.2) is 54.8 Å². The van der Waals surface area contributed by atoms with Crippen molar-refractivity contribution in [1.82, 2.24) is 9.80 Å². The topological polar surface area (TPSA) is 6.48 Å². The van der Waals surface area contributed by atoms with E-state index in [-0.39, 0.29) is 0 Å². The maximum absolute atomic E-state index is 4.66. The predicted molar refractivity (Wildman–Crippen MR) is 89.6 cm³/mol. The molecule has 0 radical (unpaired) electrons. The Morgan fingerprint density at radius 2 is 1.50 bits per heavy atom. The van der Waals surface area contributed by atoms with Crippen molar-refractivity contribution in [3.8, 4) is 0 Å². The van der Waals surface area contributed by atoms with Crippen LogP contribution in [0.2, 0.25) is 0 Å². The molecule has 3 heteroatoms. The average molecular weight is 297 g/mol. The van der Waals surface area contributed by atoms with E-state index in [1.165, 1.54) is 90.6 Å². The van der Waals surface area contributed by atoms with E-state index in [9.17, 15) is 0 Å². The fourth-order valence-corrected chi connectivity index (χ4v) is 5.04. The molecule has 0 aromatic carbocycles. The Balaban J connectivity index is 1.41. The molecule has 1 saturated carbocycles. The maximum Gasteiger partial charge on any atom is 0.00458 e. The van der Waals surface area contributed by atoms with Crippen LogP contribution in [0.25, 0.3) is 0 Å². The second-order valence-corrected chi connectivity index (χ2v) is 7.91. The van der Waals surface area contributed by atoms with Crippen LogP contribution in [0.4, 0.5) is 0 Å². The minimum atomic E-state index is 0.560. The molecule has 3 rings (SSSR count). The lowest BCUT2D eigenvalue weighted by molar-refractivity contribution is 0.111. The van der Waals surface area contributed by atoms with Crippen LogP contribution in [0, 0.1) is 11.3 Å². The molecule has 1 aliphatic carbocycles. The number of hydrogen-bond acceptors (Lipinski definition) is 3. The lowest BCUT2D eigenvalue weighted by Crippen LogP contribution is -2.43. The van der Waals surface area contributed by atoms with Crippen LogP contribution in [-0.2, 0) is 0 Å². The first-order chi connectivity index (χ1) is 9.80. The van der Waals surface area contributed by atoms with Crippen LogP contribution in [0.1, 0.15) is 51.4 Å². The van der Waals surface area contributed by atoms with Crippen molar-refractivity contribution in [3.05, 3.63) is 0 Å². The molecule has 0 spiro atoms. The Kier molecular flexibility index (Phi) is 5.33. The Morgan fingerprint density at radius 1 is 0.850 bits per heavy atom. The van der Waals surface area contributed by atoms with Gasteiger partial charge >= 0.3 is 0 Å². The van der Waals surface area contributed by atoms with Gasteiger partial charge in [-0.3, -0.25) is 0 Å². The van der Waals surface area contributed by atoms with Crippen molar-refractivity contribution < 1.29 is 0 Å². The highest BCUT2D eigenvalue weighted by molar-refractivity contribution is 7.80. The lowest BCUT2D eigenvalue weighted by Gasteiger charge is -2.39. The largest absolute Gasteiger partial charge is 0.303 e. The first kappa shape index (κ1) is 15.2. The third kappa shape index (κ3) is 3.72. The number of hydrogen-bond donors (Lipinski definition) is 1. The van der Waals surface area contributed by atoms with Gasteiger partial charge in [-0.1, -0.05) is 12.8 Å². The molecule has 116 valence electrons. The van der Waals surface area contributed by atoms with Crippen LogP contribution < -0.4 is 0 Å². The van der Waals surface area contributed by atoms with Crippen molar-refractivity contribution in [3.63, 3.8) is 0 Å². The van der Waals surface area contributed by atoms with Gasteiger partial charge in [0.1, 0.15) is 0 Å². The van der Waals surface area contributed by atoms with Crippen molar-refractivity contribution in [2.75, 3.05) is 45.0 Å². The van der Waals surface area contributed by atoms with Gasteiger partial charge in [0.15, 0.2) is 0 Å². The molecule has 0 bridgehead atoms. The van der Waals surface area contributed by atoms with Gasteiger partial charge in [-0.05, 0) is 81.8 Å². The summed E-state index contributed by atoms with van der Waals surface area (Å²) >= 11 is 4.66. The zero-order chi connectivity index (χ0) is 13.8. The number of likely N-dealkylation sites (tertiary alicyclic amines) is 2. The van der Waals surface area contributed by atoms with Gasteiger partial charge < -0.3 is 9.80 Å². The summed E-state index contributed by atoms with van der Waals surface area (Å²) in [5, 5.41) is 0. The molecule has 0 aromatic rings. The summed E-state index contributed by atoms with van der Waals surface area (Å²) in [6.45, 7) is 8.12. The zero-order valence-corrected chi connectivity index (χ0v) is 13.9. The number of piperidine rings is 1. The molecule has 0 atom stereocenters. The highest BCUT2D eigenvalue weighted by atomic mass is 32.1. The summed E-state index contributed by atoms with van der Waals surface area (Å²) in [5.41, 5.74) is 0.560. The molecule has 0 unspecified atom stereocenters. The molecular weight excluding hydrogens is 264 g/mol. The van der Waals surface area contributed by atoms with E-state index in [0.717, 1.165) is 11.7 Å². The third-order valence-corrected chi connectivity index (χ3v) is 6.65. The van der Waals surface area contributed by atoms with Crippen LogP contribution in [0.3, 0.4) is 0 Å². The monoisotopic (exact) mass is 296 g/mol. The molecule has 0 N–H and O–H groups in total. The standard InChI is InChI=1S/C17H32N2S/c20-15-17(7-1-2-8-17)14-19-11-5-16(6-12-19)13-18-9-3-4-10-18/h16,20H,1-15H2. The normalized spacial score (nSPS) is 29.2. The summed E-state index contributed by atoms with van der Waals surface area (Å²) in [5.74, 6) is 2.07. The van der Waals surface area contributed by atoms with Gasteiger partial charge in [0.05, 0.1) is 0 Å². The summed E-state index contributed by atoms with van der Waals surface area (Å²) in [7, 11) is 0. The van der Waals surface area contributed by atoms with E-state index in [4.69, 9.17) is 0 Å². The fraction of sp³-hybridized carbons (Fsp3) is 1.00. The minimum absolute atomic E-state index is 0.560. The molecule has 0 amide bonds. The van der Waals surface area contributed by atoms with Gasteiger partial charge in [-0.25, -0.2) is 0 Å². The second-order valence-electron chi connectivity index (χ2n) is 7.59. The van der Waals surface area contributed by atoms with E-state index in [1.54, 1.807) is 0 Å². The molecule has 2 heterocycles. The van der Waals surface area contributed by atoms with Crippen LogP contribution in [0.15, 0.2) is 0 Å². The molecule has 3 aliphatic rings. The number of nitrogens with zero attached hydrogens (tertiary/aromatic N) is 2. The molecule has 2 nitrogen and oxygen atoms in total. The second kappa shape index (κ2) is 7.02. The Hall–Kier alpha value is 0.270. The first-order valence-electron chi connectivity index (χ1n) is 8.85. The molecule has 20 heavy (non-hydrogen) atoms. The summed E-state index contributed by atoms with van der Waals surface area (Å²) < 4.78 is 0. The molecule has 2 aliphatic heterocycles.